The quantitative estimate of drug-likeness (QED) is 0.823. The van der Waals surface area contributed by atoms with Gasteiger partial charge < -0.3 is 11.1 Å². The first-order chi connectivity index (χ1) is 9.08. The molecule has 1 amide bonds. The molecule has 4 heteroatoms. The van der Waals surface area contributed by atoms with Crippen LogP contribution in [0.3, 0.4) is 0 Å². The minimum Gasteiger partial charge on any atom is -0.330 e. The van der Waals surface area contributed by atoms with E-state index in [9.17, 15) is 4.79 Å². The van der Waals surface area contributed by atoms with Crippen LogP contribution in [-0.2, 0) is 4.79 Å². The zero-order valence-electron chi connectivity index (χ0n) is 11.5. The third-order valence-electron chi connectivity index (χ3n) is 3.14. The lowest BCUT2D eigenvalue weighted by Crippen LogP contribution is -2.27. The first-order valence-corrected chi connectivity index (χ1v) is 6.59. The summed E-state index contributed by atoms with van der Waals surface area (Å²) in [5.74, 6) is 0.275. The first kappa shape index (κ1) is 15.2. The van der Waals surface area contributed by atoms with Gasteiger partial charge in [-0.2, -0.15) is 5.26 Å². The molecule has 0 aromatic heterocycles. The smallest absolute Gasteiger partial charge is 0.227 e. The van der Waals surface area contributed by atoms with E-state index in [1.807, 2.05) is 19.9 Å². The molecule has 0 saturated carbocycles. The normalized spacial score (nSPS) is 11.9. The van der Waals surface area contributed by atoms with Crippen LogP contribution in [-0.4, -0.2) is 12.5 Å². The predicted molar refractivity (Wildman–Crippen MR) is 76.4 cm³/mol. The van der Waals surface area contributed by atoms with Crippen molar-refractivity contribution in [3.05, 3.63) is 29.8 Å². The van der Waals surface area contributed by atoms with E-state index in [1.54, 1.807) is 24.3 Å². The van der Waals surface area contributed by atoms with Gasteiger partial charge in [0.1, 0.15) is 0 Å². The fourth-order valence-electron chi connectivity index (χ4n) is 1.97. The van der Waals surface area contributed by atoms with Crippen LogP contribution in [0.15, 0.2) is 24.3 Å². The van der Waals surface area contributed by atoms with Gasteiger partial charge in [0, 0.05) is 11.6 Å². The Labute approximate surface area is 114 Å². The molecule has 0 bridgehead atoms. The van der Waals surface area contributed by atoms with Gasteiger partial charge in [0.25, 0.3) is 0 Å². The van der Waals surface area contributed by atoms with E-state index in [-0.39, 0.29) is 17.7 Å². The Balaban J connectivity index is 2.67. The number of nitrogens with zero attached hydrogens (tertiary/aromatic N) is 1. The number of hydrogen-bond acceptors (Lipinski definition) is 3. The Morgan fingerprint density at radius 2 is 2.00 bits per heavy atom. The fourth-order valence-corrected chi connectivity index (χ4v) is 1.97. The molecule has 0 saturated heterocycles. The molecule has 1 aromatic rings. The Kier molecular flexibility index (Phi) is 6.04. The molecule has 3 N–H and O–H groups in total. The number of carbonyl (C=O) groups excluding carboxylic acids is 1. The van der Waals surface area contributed by atoms with Crippen molar-refractivity contribution < 1.29 is 4.79 Å². The van der Waals surface area contributed by atoms with Crippen LogP contribution < -0.4 is 11.1 Å². The van der Waals surface area contributed by atoms with E-state index in [4.69, 9.17) is 11.0 Å². The Morgan fingerprint density at radius 3 is 2.47 bits per heavy atom. The Bertz CT molecular complexity index is 445. The van der Waals surface area contributed by atoms with Gasteiger partial charge in [-0.25, -0.2) is 0 Å². The lowest BCUT2D eigenvalue weighted by atomic mass is 9.90. The molecule has 19 heavy (non-hydrogen) atoms. The summed E-state index contributed by atoms with van der Waals surface area (Å²) in [4.78, 5) is 12.2. The molecule has 0 radical (unpaired) electrons. The van der Waals surface area contributed by atoms with Gasteiger partial charge in [-0.15, -0.1) is 0 Å². The summed E-state index contributed by atoms with van der Waals surface area (Å²) < 4.78 is 0. The van der Waals surface area contributed by atoms with E-state index < -0.39 is 0 Å². The molecule has 1 atom stereocenters. The zero-order chi connectivity index (χ0) is 14.3. The highest BCUT2D eigenvalue weighted by Crippen LogP contribution is 2.19. The largest absolute Gasteiger partial charge is 0.330 e. The van der Waals surface area contributed by atoms with Crippen LogP contribution in [0.1, 0.15) is 32.3 Å². The van der Waals surface area contributed by atoms with Gasteiger partial charge in [-0.05, 0) is 49.6 Å². The second-order valence-corrected chi connectivity index (χ2v) is 4.96. The van der Waals surface area contributed by atoms with Crippen molar-refractivity contribution >= 4 is 11.6 Å². The summed E-state index contributed by atoms with van der Waals surface area (Å²) in [6.45, 7) is 4.69. The molecule has 0 aliphatic rings. The molecule has 1 rings (SSSR count). The van der Waals surface area contributed by atoms with E-state index >= 15 is 0 Å². The van der Waals surface area contributed by atoms with Crippen LogP contribution in [0.2, 0.25) is 0 Å². The molecule has 1 aromatic carbocycles. The third-order valence-corrected chi connectivity index (χ3v) is 3.14. The Hall–Kier alpha value is -1.86. The summed E-state index contributed by atoms with van der Waals surface area (Å²) in [5, 5.41) is 11.6. The zero-order valence-corrected chi connectivity index (χ0v) is 11.5. The summed E-state index contributed by atoms with van der Waals surface area (Å²) in [6.07, 6.45) is 1.65. The van der Waals surface area contributed by atoms with Crippen LogP contribution >= 0.6 is 0 Å². The second-order valence-electron chi connectivity index (χ2n) is 4.96. The van der Waals surface area contributed by atoms with Crippen molar-refractivity contribution in [3.8, 4) is 6.07 Å². The van der Waals surface area contributed by atoms with Crippen molar-refractivity contribution in [1.82, 2.24) is 0 Å². The number of amides is 1. The molecule has 4 nitrogen and oxygen atoms in total. The molecule has 0 heterocycles. The summed E-state index contributed by atoms with van der Waals surface area (Å²) in [6, 6.07) is 8.93. The van der Waals surface area contributed by atoms with Crippen molar-refractivity contribution in [2.24, 2.45) is 17.6 Å². The van der Waals surface area contributed by atoms with Gasteiger partial charge in [-0.1, -0.05) is 13.8 Å². The van der Waals surface area contributed by atoms with E-state index in [1.165, 1.54) is 0 Å². The maximum Gasteiger partial charge on any atom is 0.227 e. The van der Waals surface area contributed by atoms with E-state index in [2.05, 4.69) is 5.32 Å². The predicted octanol–water partition coefficient (Wildman–Crippen LogP) is 2.51. The van der Waals surface area contributed by atoms with Gasteiger partial charge in [-0.3, -0.25) is 4.79 Å². The van der Waals surface area contributed by atoms with Gasteiger partial charge in [0.05, 0.1) is 11.6 Å². The number of nitrogens with two attached hydrogens (primary N) is 1. The topological polar surface area (TPSA) is 78.9 Å². The van der Waals surface area contributed by atoms with Crippen molar-refractivity contribution in [3.63, 3.8) is 0 Å². The van der Waals surface area contributed by atoms with Crippen LogP contribution in [0.4, 0.5) is 5.69 Å². The molecule has 0 spiro atoms. The summed E-state index contributed by atoms with van der Waals surface area (Å²) in [7, 11) is 0. The first-order valence-electron chi connectivity index (χ1n) is 6.59. The number of nitriles is 1. The monoisotopic (exact) mass is 259 g/mol. The summed E-state index contributed by atoms with van der Waals surface area (Å²) >= 11 is 0. The number of nitrogens with one attached hydrogen (secondary N) is 1. The lowest BCUT2D eigenvalue weighted by Gasteiger charge is -2.20. The molecular formula is C15H21N3O. The second kappa shape index (κ2) is 7.55. The third kappa shape index (κ3) is 4.72. The average molecular weight is 259 g/mol. The van der Waals surface area contributed by atoms with Crippen molar-refractivity contribution in [2.45, 2.75) is 26.7 Å². The molecule has 1 unspecified atom stereocenters. The van der Waals surface area contributed by atoms with E-state index in [0.29, 0.717) is 12.1 Å². The number of carbonyl (C=O) groups is 1. The Morgan fingerprint density at radius 1 is 1.37 bits per heavy atom. The summed E-state index contributed by atoms with van der Waals surface area (Å²) in [5.41, 5.74) is 6.81. The van der Waals surface area contributed by atoms with Gasteiger partial charge in [0.2, 0.25) is 5.91 Å². The SMILES string of the molecule is CC(C)C(CCCN)C(=O)Nc1ccc(C#N)cc1. The fraction of sp³-hybridized carbons (Fsp3) is 0.467. The number of rotatable bonds is 6. The highest BCUT2D eigenvalue weighted by Gasteiger charge is 2.21. The maximum absolute atomic E-state index is 12.2. The number of benzene rings is 1. The lowest BCUT2D eigenvalue weighted by molar-refractivity contribution is -0.121. The minimum atomic E-state index is -0.0285. The van der Waals surface area contributed by atoms with E-state index in [0.717, 1.165) is 18.5 Å². The molecular weight excluding hydrogens is 238 g/mol. The molecule has 102 valence electrons. The maximum atomic E-state index is 12.2. The van der Waals surface area contributed by atoms with Gasteiger partial charge >= 0.3 is 0 Å². The highest BCUT2D eigenvalue weighted by atomic mass is 16.1. The molecule has 0 fully saturated rings. The average Bonchev–Trinajstić information content (AvgIpc) is 2.39. The standard InChI is InChI=1S/C15H21N3O/c1-11(2)14(4-3-9-16)15(19)18-13-7-5-12(10-17)6-8-13/h5-8,11,14H,3-4,9,16H2,1-2H3,(H,18,19). The molecule has 0 aliphatic heterocycles. The van der Waals surface area contributed by atoms with Crippen LogP contribution in [0.25, 0.3) is 0 Å². The number of anilines is 1. The highest BCUT2D eigenvalue weighted by molar-refractivity contribution is 5.92. The number of hydrogen-bond donors (Lipinski definition) is 2. The minimum absolute atomic E-state index is 0.0214. The van der Waals surface area contributed by atoms with Crippen LogP contribution in [0, 0.1) is 23.2 Å². The van der Waals surface area contributed by atoms with Crippen molar-refractivity contribution in [2.75, 3.05) is 11.9 Å². The van der Waals surface area contributed by atoms with Crippen LogP contribution in [0.5, 0.6) is 0 Å². The van der Waals surface area contributed by atoms with Gasteiger partial charge in [0.15, 0.2) is 0 Å². The molecule has 0 aliphatic carbocycles. The van der Waals surface area contributed by atoms with Crippen molar-refractivity contribution in [1.29, 1.82) is 5.26 Å².